The first-order valence-electron chi connectivity index (χ1n) is 8.74. The maximum absolute atomic E-state index is 12.5. The Bertz CT molecular complexity index is 561. The van der Waals surface area contributed by atoms with Crippen molar-refractivity contribution in [1.82, 2.24) is 14.7 Å². The van der Waals surface area contributed by atoms with Crippen LogP contribution in [0.5, 0.6) is 0 Å². The van der Waals surface area contributed by atoms with Crippen LogP contribution in [0.1, 0.15) is 38.8 Å². The van der Waals surface area contributed by atoms with Crippen molar-refractivity contribution in [1.29, 1.82) is 0 Å². The Labute approximate surface area is 145 Å². The maximum atomic E-state index is 12.5. The smallest absolute Gasteiger partial charge is 0.242 e. The summed E-state index contributed by atoms with van der Waals surface area (Å²) in [5.41, 5.74) is 1.31. The zero-order chi connectivity index (χ0) is 17.7. The molecule has 1 aromatic carbocycles. The van der Waals surface area contributed by atoms with E-state index in [4.69, 9.17) is 0 Å². The molecule has 1 fully saturated rings. The lowest BCUT2D eigenvalue weighted by Crippen LogP contribution is -2.46. The molecule has 0 spiro atoms. The Morgan fingerprint density at radius 2 is 1.96 bits per heavy atom. The van der Waals surface area contributed by atoms with Gasteiger partial charge < -0.3 is 9.80 Å². The fourth-order valence-corrected chi connectivity index (χ4v) is 3.36. The van der Waals surface area contributed by atoms with E-state index < -0.39 is 0 Å². The first kappa shape index (κ1) is 18.5. The number of benzene rings is 1. The van der Waals surface area contributed by atoms with Gasteiger partial charge in [0.15, 0.2) is 0 Å². The third-order valence-corrected chi connectivity index (χ3v) is 5.04. The lowest BCUT2D eigenvalue weighted by atomic mass is 10.1. The molecule has 2 amide bonds. The molecular weight excluding hydrogens is 302 g/mol. The number of rotatable bonds is 6. The average Bonchev–Trinajstić information content (AvgIpc) is 3.05. The number of hydrogen-bond acceptors (Lipinski definition) is 3. The fraction of sp³-hybridized carbons (Fsp3) is 0.579. The monoisotopic (exact) mass is 331 g/mol. The molecule has 0 unspecified atom stereocenters. The molecule has 24 heavy (non-hydrogen) atoms. The number of likely N-dealkylation sites (tertiary alicyclic amines) is 1. The largest absolute Gasteiger partial charge is 0.337 e. The summed E-state index contributed by atoms with van der Waals surface area (Å²) in [6.07, 6.45) is 0.987. The molecule has 0 radical (unpaired) electrons. The standard InChI is InChI=1S/C19H29N3O2/c1-5-22(19(24)14-20(4)16(3)23)18-11-12-21(13-18)15(2)17-9-7-6-8-10-17/h6-10,15,18H,5,11-14H2,1-4H3/t15-,18-/m0/s1. The summed E-state index contributed by atoms with van der Waals surface area (Å²) < 4.78 is 0. The highest BCUT2D eigenvalue weighted by atomic mass is 16.2. The summed E-state index contributed by atoms with van der Waals surface area (Å²) in [6.45, 7) is 8.44. The summed E-state index contributed by atoms with van der Waals surface area (Å²) in [7, 11) is 1.67. The number of hydrogen-bond donors (Lipinski definition) is 0. The molecule has 0 bridgehead atoms. The highest BCUT2D eigenvalue weighted by Gasteiger charge is 2.32. The highest BCUT2D eigenvalue weighted by Crippen LogP contribution is 2.26. The van der Waals surface area contributed by atoms with E-state index in [1.807, 2.05) is 17.9 Å². The second-order valence-corrected chi connectivity index (χ2v) is 6.58. The minimum absolute atomic E-state index is 0.0365. The summed E-state index contributed by atoms with van der Waals surface area (Å²) >= 11 is 0. The lowest BCUT2D eigenvalue weighted by Gasteiger charge is -2.31. The predicted molar refractivity (Wildman–Crippen MR) is 95.5 cm³/mol. The molecule has 1 saturated heterocycles. The third kappa shape index (κ3) is 4.35. The quantitative estimate of drug-likeness (QED) is 0.802. The van der Waals surface area contributed by atoms with Gasteiger partial charge in [0, 0.05) is 45.7 Å². The zero-order valence-corrected chi connectivity index (χ0v) is 15.2. The summed E-state index contributed by atoms with van der Waals surface area (Å²) in [5.74, 6) is -0.0421. The molecular formula is C19H29N3O2. The SMILES string of the molecule is CCN(C(=O)CN(C)C(C)=O)[C@H]1CCN([C@@H](C)c2ccccc2)C1. The molecule has 5 nitrogen and oxygen atoms in total. The molecule has 0 saturated carbocycles. The average molecular weight is 331 g/mol. The van der Waals surface area contributed by atoms with E-state index in [-0.39, 0.29) is 24.4 Å². The van der Waals surface area contributed by atoms with Gasteiger partial charge in [0.05, 0.1) is 6.54 Å². The van der Waals surface area contributed by atoms with Gasteiger partial charge in [-0.3, -0.25) is 14.5 Å². The maximum Gasteiger partial charge on any atom is 0.242 e. The first-order chi connectivity index (χ1) is 11.4. The minimum Gasteiger partial charge on any atom is -0.337 e. The second-order valence-electron chi connectivity index (χ2n) is 6.58. The Morgan fingerprint density at radius 3 is 2.54 bits per heavy atom. The van der Waals surface area contributed by atoms with Crippen LogP contribution in [0.3, 0.4) is 0 Å². The molecule has 1 heterocycles. The fourth-order valence-electron chi connectivity index (χ4n) is 3.36. The Morgan fingerprint density at radius 1 is 1.29 bits per heavy atom. The van der Waals surface area contributed by atoms with E-state index >= 15 is 0 Å². The molecule has 2 atom stereocenters. The Kier molecular flexibility index (Phi) is 6.37. The molecule has 0 N–H and O–H groups in total. The van der Waals surface area contributed by atoms with Gasteiger partial charge in [0.1, 0.15) is 0 Å². The van der Waals surface area contributed by atoms with Gasteiger partial charge in [0.2, 0.25) is 11.8 Å². The van der Waals surface area contributed by atoms with Gasteiger partial charge in [-0.2, -0.15) is 0 Å². The molecule has 132 valence electrons. The van der Waals surface area contributed by atoms with Crippen LogP contribution < -0.4 is 0 Å². The topological polar surface area (TPSA) is 43.9 Å². The number of carbonyl (C=O) groups excluding carboxylic acids is 2. The van der Waals surface area contributed by atoms with Gasteiger partial charge in [-0.25, -0.2) is 0 Å². The molecule has 2 rings (SSSR count). The third-order valence-electron chi connectivity index (χ3n) is 5.04. The summed E-state index contributed by atoms with van der Waals surface area (Å²) in [6, 6.07) is 11.1. The van der Waals surface area contributed by atoms with Crippen LogP contribution in [0.15, 0.2) is 30.3 Å². The summed E-state index contributed by atoms with van der Waals surface area (Å²) in [4.78, 5) is 29.7. The Balaban J connectivity index is 1.97. The van der Waals surface area contributed by atoms with Crippen LogP contribution in [0.2, 0.25) is 0 Å². The predicted octanol–water partition coefficient (Wildman–Crippen LogP) is 2.15. The van der Waals surface area contributed by atoms with Crippen molar-refractivity contribution in [2.24, 2.45) is 0 Å². The van der Waals surface area contributed by atoms with Crippen molar-refractivity contribution in [2.45, 2.75) is 39.3 Å². The van der Waals surface area contributed by atoms with Crippen molar-refractivity contribution in [3.8, 4) is 0 Å². The molecule has 1 aliphatic rings. The van der Waals surface area contributed by atoms with E-state index in [0.29, 0.717) is 12.6 Å². The van der Waals surface area contributed by atoms with E-state index in [1.165, 1.54) is 17.4 Å². The zero-order valence-electron chi connectivity index (χ0n) is 15.2. The van der Waals surface area contributed by atoms with Crippen LogP contribution in [0, 0.1) is 0 Å². The normalized spacial score (nSPS) is 19.1. The van der Waals surface area contributed by atoms with Gasteiger partial charge in [-0.1, -0.05) is 30.3 Å². The molecule has 1 aromatic rings. The molecule has 0 aromatic heterocycles. The van der Waals surface area contributed by atoms with E-state index in [9.17, 15) is 9.59 Å². The molecule has 5 heteroatoms. The van der Waals surface area contributed by atoms with Gasteiger partial charge in [-0.15, -0.1) is 0 Å². The lowest BCUT2D eigenvalue weighted by molar-refractivity contribution is -0.139. The van der Waals surface area contributed by atoms with Crippen molar-refractivity contribution >= 4 is 11.8 Å². The van der Waals surface area contributed by atoms with Gasteiger partial charge >= 0.3 is 0 Å². The van der Waals surface area contributed by atoms with Crippen LogP contribution >= 0.6 is 0 Å². The van der Waals surface area contributed by atoms with Crippen molar-refractivity contribution in [2.75, 3.05) is 33.2 Å². The molecule has 0 aliphatic carbocycles. The highest BCUT2D eigenvalue weighted by molar-refractivity contribution is 5.83. The van der Waals surface area contributed by atoms with Crippen molar-refractivity contribution in [3.63, 3.8) is 0 Å². The first-order valence-corrected chi connectivity index (χ1v) is 8.74. The van der Waals surface area contributed by atoms with Gasteiger partial charge in [-0.05, 0) is 25.8 Å². The van der Waals surface area contributed by atoms with Crippen LogP contribution in [0.4, 0.5) is 0 Å². The Hall–Kier alpha value is -1.88. The van der Waals surface area contributed by atoms with E-state index in [0.717, 1.165) is 19.5 Å². The number of likely N-dealkylation sites (N-methyl/N-ethyl adjacent to an activating group) is 2. The van der Waals surface area contributed by atoms with Crippen LogP contribution in [-0.4, -0.2) is 65.8 Å². The van der Waals surface area contributed by atoms with Crippen LogP contribution in [-0.2, 0) is 9.59 Å². The van der Waals surface area contributed by atoms with E-state index in [2.05, 4.69) is 36.1 Å². The van der Waals surface area contributed by atoms with Crippen LogP contribution in [0.25, 0.3) is 0 Å². The van der Waals surface area contributed by atoms with Crippen molar-refractivity contribution in [3.05, 3.63) is 35.9 Å². The minimum atomic E-state index is -0.0786. The number of nitrogens with zero attached hydrogens (tertiary/aromatic N) is 3. The van der Waals surface area contributed by atoms with E-state index in [1.54, 1.807) is 7.05 Å². The number of amides is 2. The van der Waals surface area contributed by atoms with Gasteiger partial charge in [0.25, 0.3) is 0 Å². The molecule has 1 aliphatic heterocycles. The number of carbonyl (C=O) groups is 2. The van der Waals surface area contributed by atoms with Crippen molar-refractivity contribution < 1.29 is 9.59 Å². The summed E-state index contributed by atoms with van der Waals surface area (Å²) in [5, 5.41) is 0. The second kappa shape index (κ2) is 8.29.